The van der Waals surface area contributed by atoms with Crippen molar-refractivity contribution in [1.29, 1.82) is 0 Å². The van der Waals surface area contributed by atoms with Crippen LogP contribution < -0.4 is 10.6 Å². The van der Waals surface area contributed by atoms with Gasteiger partial charge in [0, 0.05) is 30.8 Å². The summed E-state index contributed by atoms with van der Waals surface area (Å²) in [6, 6.07) is -1.09. The summed E-state index contributed by atoms with van der Waals surface area (Å²) in [5.74, 6) is -1.72. The number of hydrogen-bond donors (Lipinski definition) is 3. The van der Waals surface area contributed by atoms with E-state index >= 15 is 0 Å². The van der Waals surface area contributed by atoms with Crippen molar-refractivity contribution in [1.82, 2.24) is 10.6 Å². The number of aliphatic carboxylic acids is 1. The van der Waals surface area contributed by atoms with E-state index in [2.05, 4.69) is 27.6 Å². The molecule has 0 heterocycles. The van der Waals surface area contributed by atoms with Gasteiger partial charge in [-0.2, -0.15) is 0 Å². The second kappa shape index (κ2) is 51.9. The number of carbonyl (C=O) groups is 3. The van der Waals surface area contributed by atoms with Gasteiger partial charge in [-0.05, 0) is 18.4 Å². The van der Waals surface area contributed by atoms with E-state index < -0.39 is 12.0 Å². The Morgan fingerprint density at radius 3 is 1.16 bits per heavy atom. The third-order valence-electron chi connectivity index (χ3n) is 8.99. The molecule has 0 spiro atoms. The summed E-state index contributed by atoms with van der Waals surface area (Å²) in [5.41, 5.74) is 8.16. The van der Waals surface area contributed by atoms with E-state index in [9.17, 15) is 19.5 Å². The van der Waals surface area contributed by atoms with Crippen molar-refractivity contribution in [3.05, 3.63) is 10.4 Å². The molecule has 0 rings (SSSR count). The SMILES string of the molecule is CCCCCCCCCCCCCC(=O)N[C@@H](CCC(=O)NCCOCCOCCOCCOCCOCCOCCOCCOCCOCCOCCOCCN=[N+]=[N-])C(=O)O. The van der Waals surface area contributed by atoms with Crippen molar-refractivity contribution in [2.75, 3.05) is 158 Å². The first-order valence-electron chi connectivity index (χ1n) is 23.2. The van der Waals surface area contributed by atoms with Crippen molar-refractivity contribution in [3.63, 3.8) is 0 Å². The number of azide groups is 1. The molecule has 0 fully saturated rings. The Kier molecular flexibility index (Phi) is 49.7. The van der Waals surface area contributed by atoms with Crippen LogP contribution in [0.15, 0.2) is 5.11 Å². The van der Waals surface area contributed by atoms with Crippen LogP contribution in [0.2, 0.25) is 0 Å². The summed E-state index contributed by atoms with van der Waals surface area (Å²) in [4.78, 5) is 38.7. The van der Waals surface area contributed by atoms with Gasteiger partial charge in [0.25, 0.3) is 0 Å². The zero-order valence-corrected chi connectivity index (χ0v) is 38.5. The van der Waals surface area contributed by atoms with Gasteiger partial charge in [-0.1, -0.05) is 76.2 Å². The fourth-order valence-corrected chi connectivity index (χ4v) is 5.55. The average Bonchev–Trinajstić information content (AvgIpc) is 3.27. The molecule has 0 aliphatic carbocycles. The molecular formula is C43H83N5O15. The lowest BCUT2D eigenvalue weighted by atomic mass is 10.0. The van der Waals surface area contributed by atoms with Crippen LogP contribution in [0.3, 0.4) is 0 Å². The Balaban J connectivity index is 3.37. The molecule has 63 heavy (non-hydrogen) atoms. The van der Waals surface area contributed by atoms with Crippen LogP contribution in [0.5, 0.6) is 0 Å². The predicted octanol–water partition coefficient (Wildman–Crippen LogP) is 4.65. The minimum Gasteiger partial charge on any atom is -0.480 e. The summed E-state index contributed by atoms with van der Waals surface area (Å²) in [6.45, 7) is 12.5. The number of unbranched alkanes of at least 4 members (excludes halogenated alkanes) is 10. The molecule has 0 saturated carbocycles. The standard InChI is InChI=1S/C43H83N5O15/c1-2-3-4-5-6-7-8-9-10-11-12-13-42(50)47-40(43(51)52)14-15-41(49)45-16-18-53-20-22-55-24-26-57-28-30-59-32-34-61-36-38-63-39-37-62-35-33-60-31-29-58-27-25-56-23-21-54-19-17-46-48-44/h40H,2-39H2,1H3,(H,45,49)(H,47,50)(H,51,52)/t40-/m0/s1. The van der Waals surface area contributed by atoms with Gasteiger partial charge in [0.2, 0.25) is 11.8 Å². The Morgan fingerprint density at radius 2 is 0.810 bits per heavy atom. The molecule has 20 nitrogen and oxygen atoms in total. The number of amides is 2. The molecule has 0 aliphatic rings. The van der Waals surface area contributed by atoms with Crippen LogP contribution in [0.25, 0.3) is 10.4 Å². The van der Waals surface area contributed by atoms with E-state index in [1.807, 2.05) is 0 Å². The predicted molar refractivity (Wildman–Crippen MR) is 236 cm³/mol. The van der Waals surface area contributed by atoms with E-state index in [0.717, 1.165) is 19.3 Å². The molecule has 370 valence electrons. The van der Waals surface area contributed by atoms with Gasteiger partial charge >= 0.3 is 5.97 Å². The molecule has 0 aromatic carbocycles. The van der Waals surface area contributed by atoms with Gasteiger partial charge in [-0.25, -0.2) is 4.79 Å². The molecule has 2 amide bonds. The minimum atomic E-state index is -1.14. The summed E-state index contributed by atoms with van der Waals surface area (Å²) in [5, 5.41) is 18.1. The van der Waals surface area contributed by atoms with E-state index in [-0.39, 0.29) is 31.2 Å². The first-order valence-corrected chi connectivity index (χ1v) is 23.2. The van der Waals surface area contributed by atoms with E-state index in [1.165, 1.54) is 51.4 Å². The van der Waals surface area contributed by atoms with Crippen LogP contribution in [-0.2, 0) is 66.5 Å². The van der Waals surface area contributed by atoms with Crippen molar-refractivity contribution in [3.8, 4) is 0 Å². The molecule has 20 heteroatoms. The van der Waals surface area contributed by atoms with Gasteiger partial charge in [-0.3, -0.25) is 9.59 Å². The van der Waals surface area contributed by atoms with Crippen LogP contribution in [0.4, 0.5) is 0 Å². The molecule has 0 aromatic rings. The van der Waals surface area contributed by atoms with Crippen LogP contribution in [0, 0.1) is 0 Å². The zero-order chi connectivity index (χ0) is 45.8. The lowest BCUT2D eigenvalue weighted by molar-refractivity contribution is -0.142. The molecule has 0 saturated heterocycles. The number of rotatable bonds is 53. The highest BCUT2D eigenvalue weighted by Crippen LogP contribution is 2.12. The van der Waals surface area contributed by atoms with Gasteiger partial charge in [0.15, 0.2) is 0 Å². The molecule has 3 N–H and O–H groups in total. The Morgan fingerprint density at radius 1 is 0.476 bits per heavy atom. The lowest BCUT2D eigenvalue weighted by Crippen LogP contribution is -2.41. The number of ether oxygens (including phenoxy) is 11. The summed E-state index contributed by atoms with van der Waals surface area (Å²) in [6.07, 6.45) is 13.3. The van der Waals surface area contributed by atoms with Gasteiger partial charge in [-0.15, -0.1) is 0 Å². The Hall–Kier alpha value is -2.72. The highest BCUT2D eigenvalue weighted by atomic mass is 16.6. The largest absolute Gasteiger partial charge is 0.480 e. The summed E-state index contributed by atoms with van der Waals surface area (Å²) >= 11 is 0. The average molecular weight is 910 g/mol. The lowest BCUT2D eigenvalue weighted by Gasteiger charge is -2.14. The fraction of sp³-hybridized carbons (Fsp3) is 0.930. The van der Waals surface area contributed by atoms with Crippen molar-refractivity contribution < 1.29 is 71.6 Å². The topological polar surface area (TPSA) is 246 Å². The van der Waals surface area contributed by atoms with Crippen molar-refractivity contribution in [2.24, 2.45) is 5.11 Å². The number of carbonyl (C=O) groups excluding carboxylic acids is 2. The Bertz CT molecular complexity index is 1060. The number of nitrogens with zero attached hydrogens (tertiary/aromatic N) is 3. The molecule has 0 bridgehead atoms. The maximum Gasteiger partial charge on any atom is 0.326 e. The maximum atomic E-state index is 12.3. The first kappa shape index (κ1) is 60.3. The van der Waals surface area contributed by atoms with Gasteiger partial charge in [0.05, 0.1) is 145 Å². The molecular weight excluding hydrogens is 826 g/mol. The van der Waals surface area contributed by atoms with Gasteiger partial charge in [0.1, 0.15) is 6.04 Å². The second-order valence-electron chi connectivity index (χ2n) is 14.3. The third-order valence-corrected chi connectivity index (χ3v) is 8.99. The van der Waals surface area contributed by atoms with Gasteiger partial charge < -0.3 is 67.8 Å². The fourth-order valence-electron chi connectivity index (χ4n) is 5.55. The maximum absolute atomic E-state index is 12.3. The monoisotopic (exact) mass is 910 g/mol. The zero-order valence-electron chi connectivity index (χ0n) is 38.5. The highest BCUT2D eigenvalue weighted by molar-refractivity contribution is 5.84. The molecule has 0 radical (unpaired) electrons. The number of hydrogen-bond acceptors (Lipinski definition) is 15. The van der Waals surface area contributed by atoms with E-state index in [0.29, 0.717) is 158 Å². The number of carboxylic acids is 1. The van der Waals surface area contributed by atoms with Crippen LogP contribution in [0.1, 0.15) is 96.8 Å². The quantitative estimate of drug-likeness (QED) is 0.0326. The van der Waals surface area contributed by atoms with E-state index in [4.69, 9.17) is 57.6 Å². The van der Waals surface area contributed by atoms with Crippen molar-refractivity contribution >= 4 is 17.8 Å². The van der Waals surface area contributed by atoms with Crippen LogP contribution >= 0.6 is 0 Å². The smallest absolute Gasteiger partial charge is 0.326 e. The molecule has 0 aliphatic heterocycles. The third kappa shape index (κ3) is 50.1. The normalized spacial score (nSPS) is 11.7. The van der Waals surface area contributed by atoms with Crippen molar-refractivity contribution in [2.45, 2.75) is 103 Å². The Labute approximate surface area is 376 Å². The number of carboxylic acid groups (broad SMARTS) is 1. The first-order chi connectivity index (χ1) is 31.0. The summed E-state index contributed by atoms with van der Waals surface area (Å²) in [7, 11) is 0. The minimum absolute atomic E-state index is 0.00943. The highest BCUT2D eigenvalue weighted by Gasteiger charge is 2.20. The summed E-state index contributed by atoms with van der Waals surface area (Å²) < 4.78 is 59.8. The van der Waals surface area contributed by atoms with E-state index in [1.54, 1.807) is 0 Å². The van der Waals surface area contributed by atoms with Crippen LogP contribution in [-0.4, -0.2) is 187 Å². The number of nitrogens with one attached hydrogen (secondary N) is 2. The molecule has 0 unspecified atom stereocenters. The molecule has 1 atom stereocenters. The molecule has 0 aromatic heterocycles. The second-order valence-corrected chi connectivity index (χ2v) is 14.3.